The Morgan fingerprint density at radius 2 is 1.84 bits per heavy atom. The Labute approximate surface area is 214 Å². The molecule has 3 aliphatic rings. The Morgan fingerprint density at radius 3 is 2.37 bits per heavy atom. The Balaban J connectivity index is 1.73. The van der Waals surface area contributed by atoms with Crippen LogP contribution >= 0.6 is 0 Å². The van der Waals surface area contributed by atoms with E-state index >= 15 is 0 Å². The summed E-state index contributed by atoms with van der Waals surface area (Å²) in [6, 6.07) is -2.04. The summed E-state index contributed by atoms with van der Waals surface area (Å²) in [5, 5.41) is 15.9. The van der Waals surface area contributed by atoms with E-state index in [1.54, 1.807) is 0 Å². The molecule has 6 atom stereocenters. The number of fused-ring (bicyclic) bond motifs is 1. The number of carbonyl (C=O) groups excluding carboxylic acids is 4. The molecule has 0 aromatic rings. The van der Waals surface area contributed by atoms with Crippen molar-refractivity contribution in [3.8, 4) is 6.07 Å². The lowest BCUT2D eigenvalue weighted by molar-refractivity contribution is -0.176. The predicted octanol–water partition coefficient (Wildman–Crippen LogP) is 1.78. The van der Waals surface area contributed by atoms with E-state index in [0.29, 0.717) is 13.0 Å². The number of rotatable bonds is 9. The van der Waals surface area contributed by atoms with Gasteiger partial charge in [0.05, 0.1) is 6.07 Å². The van der Waals surface area contributed by atoms with Gasteiger partial charge in [0.15, 0.2) is 0 Å². The summed E-state index contributed by atoms with van der Waals surface area (Å²) in [5.41, 5.74) is -0.324. The number of alkyl halides is 6. The van der Waals surface area contributed by atoms with Gasteiger partial charge in [0.2, 0.25) is 17.7 Å². The largest absolute Gasteiger partial charge is 0.471 e. The van der Waals surface area contributed by atoms with Crippen LogP contribution in [0.1, 0.15) is 46.0 Å². The van der Waals surface area contributed by atoms with Gasteiger partial charge in [-0.05, 0) is 36.5 Å². The fourth-order valence-electron chi connectivity index (χ4n) is 5.68. The van der Waals surface area contributed by atoms with E-state index < -0.39 is 67.0 Å². The second-order valence-corrected chi connectivity index (χ2v) is 10.7. The second kappa shape index (κ2) is 10.6. The molecule has 2 heterocycles. The highest BCUT2D eigenvalue weighted by Gasteiger charge is 2.67. The fraction of sp³-hybridized carbons (Fsp3) is 0.783. The Bertz CT molecular complexity index is 1010. The third kappa shape index (κ3) is 6.68. The first-order valence-electron chi connectivity index (χ1n) is 12.2. The lowest BCUT2D eigenvalue weighted by atomic mass is 9.96. The Hall–Kier alpha value is -3.05. The molecule has 2 saturated heterocycles. The normalized spacial score (nSPS) is 27.6. The molecule has 1 aliphatic carbocycles. The van der Waals surface area contributed by atoms with Gasteiger partial charge in [0.25, 0.3) is 0 Å². The standard InChI is InChI=1S/C23H29F6N5O4/c1-21(2)13-10-34(19(37)14(3-5-22(24,25)26)33-20(38)23(27,28)29)15(17(13)21)8-16(35)32-12(9-30)7-11-4-6-31-18(11)36/h11-15,17H,3-8,10H2,1-2H3,(H,31,36)(H,32,35)(H,33,38)/t11-,12-,13-,14?,15+,17-/m0/s1. The minimum Gasteiger partial charge on any atom is -0.356 e. The molecule has 212 valence electrons. The molecule has 0 bridgehead atoms. The number of hydrogen-bond acceptors (Lipinski definition) is 5. The molecule has 15 heteroatoms. The smallest absolute Gasteiger partial charge is 0.356 e. The molecule has 0 spiro atoms. The molecule has 1 saturated carbocycles. The number of halogens is 6. The van der Waals surface area contributed by atoms with Crippen LogP contribution in [0.25, 0.3) is 0 Å². The number of nitrogens with zero attached hydrogens (tertiary/aromatic N) is 2. The SMILES string of the molecule is CC1(C)[C@@H]2[C@@H](CC(=O)N[C@H](C#N)C[C@@H]3CCNC3=O)N(C(=O)C(CCC(F)(F)F)NC(=O)C(F)(F)F)C[C@@H]21. The number of nitrogens with one attached hydrogen (secondary N) is 3. The van der Waals surface area contributed by atoms with Gasteiger partial charge in [-0.2, -0.15) is 31.6 Å². The van der Waals surface area contributed by atoms with Gasteiger partial charge >= 0.3 is 18.3 Å². The summed E-state index contributed by atoms with van der Waals surface area (Å²) in [4.78, 5) is 50.4. The highest BCUT2D eigenvalue weighted by molar-refractivity contribution is 5.90. The van der Waals surface area contributed by atoms with Gasteiger partial charge in [-0.15, -0.1) is 0 Å². The number of hydrogen-bond donors (Lipinski definition) is 3. The van der Waals surface area contributed by atoms with Crippen molar-refractivity contribution in [2.45, 2.75) is 76.4 Å². The van der Waals surface area contributed by atoms with Crippen LogP contribution in [0.2, 0.25) is 0 Å². The molecular weight excluding hydrogens is 524 g/mol. The summed E-state index contributed by atoms with van der Waals surface area (Å²) in [6.07, 6.45) is -12.7. The monoisotopic (exact) mass is 553 g/mol. The number of piperidine rings is 1. The number of nitriles is 1. The molecule has 1 unspecified atom stereocenters. The molecule has 3 N–H and O–H groups in total. The highest BCUT2D eigenvalue weighted by atomic mass is 19.4. The van der Waals surface area contributed by atoms with Crippen LogP contribution in [0.15, 0.2) is 0 Å². The zero-order valence-electron chi connectivity index (χ0n) is 20.7. The van der Waals surface area contributed by atoms with Crippen LogP contribution in [0.5, 0.6) is 0 Å². The molecule has 0 radical (unpaired) electrons. The minimum absolute atomic E-state index is 0.00275. The quantitative estimate of drug-likeness (QED) is 0.375. The average Bonchev–Trinajstić information content (AvgIpc) is 3.10. The molecule has 0 aromatic carbocycles. The third-order valence-electron chi connectivity index (χ3n) is 7.78. The maximum Gasteiger partial charge on any atom is 0.471 e. The van der Waals surface area contributed by atoms with E-state index in [1.165, 1.54) is 5.32 Å². The van der Waals surface area contributed by atoms with Gasteiger partial charge in [0, 0.05) is 37.9 Å². The van der Waals surface area contributed by atoms with Crippen LogP contribution in [-0.4, -0.2) is 72.1 Å². The summed E-state index contributed by atoms with van der Waals surface area (Å²) < 4.78 is 76.8. The zero-order valence-corrected chi connectivity index (χ0v) is 20.7. The van der Waals surface area contributed by atoms with Crippen LogP contribution in [0, 0.1) is 34.5 Å². The molecule has 2 aliphatic heterocycles. The minimum atomic E-state index is -5.41. The van der Waals surface area contributed by atoms with Crippen molar-refractivity contribution in [2.24, 2.45) is 23.2 Å². The Kier molecular flexibility index (Phi) is 8.24. The predicted molar refractivity (Wildman–Crippen MR) is 117 cm³/mol. The van der Waals surface area contributed by atoms with E-state index in [9.17, 15) is 50.8 Å². The Morgan fingerprint density at radius 1 is 1.18 bits per heavy atom. The maximum absolute atomic E-state index is 13.2. The van der Waals surface area contributed by atoms with Gasteiger partial charge < -0.3 is 20.9 Å². The first-order valence-corrected chi connectivity index (χ1v) is 12.2. The van der Waals surface area contributed by atoms with Crippen molar-refractivity contribution >= 4 is 23.6 Å². The van der Waals surface area contributed by atoms with Gasteiger partial charge in [-0.3, -0.25) is 19.2 Å². The lowest BCUT2D eigenvalue weighted by Crippen LogP contribution is -2.55. The van der Waals surface area contributed by atoms with E-state index in [4.69, 9.17) is 0 Å². The summed E-state index contributed by atoms with van der Waals surface area (Å²) >= 11 is 0. The summed E-state index contributed by atoms with van der Waals surface area (Å²) in [6.45, 7) is 4.20. The van der Waals surface area contributed by atoms with Gasteiger partial charge in [0.1, 0.15) is 12.1 Å². The molecular formula is C23H29F6N5O4. The van der Waals surface area contributed by atoms with E-state index in [-0.39, 0.29) is 42.5 Å². The number of carbonyl (C=O) groups is 4. The number of likely N-dealkylation sites (tertiary alicyclic amines) is 1. The molecule has 9 nitrogen and oxygen atoms in total. The first-order chi connectivity index (χ1) is 17.5. The highest BCUT2D eigenvalue weighted by Crippen LogP contribution is 2.65. The van der Waals surface area contributed by atoms with Crippen molar-refractivity contribution in [1.29, 1.82) is 5.26 Å². The van der Waals surface area contributed by atoms with Gasteiger partial charge in [-0.25, -0.2) is 0 Å². The number of amides is 4. The molecule has 0 aromatic heterocycles. The summed E-state index contributed by atoms with van der Waals surface area (Å²) in [7, 11) is 0. The van der Waals surface area contributed by atoms with Crippen molar-refractivity contribution in [1.82, 2.24) is 20.9 Å². The maximum atomic E-state index is 13.2. The average molecular weight is 554 g/mol. The molecule has 3 fully saturated rings. The molecule has 4 amide bonds. The van der Waals surface area contributed by atoms with Crippen molar-refractivity contribution in [3.05, 3.63) is 0 Å². The van der Waals surface area contributed by atoms with Crippen LogP contribution < -0.4 is 16.0 Å². The van der Waals surface area contributed by atoms with Crippen molar-refractivity contribution in [2.75, 3.05) is 13.1 Å². The lowest BCUT2D eigenvalue weighted by Gasteiger charge is -2.34. The molecule has 3 rings (SSSR count). The molecule has 38 heavy (non-hydrogen) atoms. The van der Waals surface area contributed by atoms with Crippen LogP contribution in [0.3, 0.4) is 0 Å². The van der Waals surface area contributed by atoms with E-state index in [0.717, 1.165) is 4.90 Å². The first kappa shape index (κ1) is 29.5. The van der Waals surface area contributed by atoms with Crippen molar-refractivity contribution < 1.29 is 45.5 Å². The second-order valence-electron chi connectivity index (χ2n) is 10.7. The third-order valence-corrected chi connectivity index (χ3v) is 7.78. The van der Waals surface area contributed by atoms with Crippen LogP contribution in [0.4, 0.5) is 26.3 Å². The topological polar surface area (TPSA) is 131 Å². The van der Waals surface area contributed by atoms with Gasteiger partial charge in [-0.1, -0.05) is 13.8 Å². The fourth-order valence-corrected chi connectivity index (χ4v) is 5.68. The van der Waals surface area contributed by atoms with Crippen LogP contribution in [-0.2, 0) is 19.2 Å². The van der Waals surface area contributed by atoms with E-state index in [1.807, 2.05) is 19.9 Å². The van der Waals surface area contributed by atoms with Crippen molar-refractivity contribution in [3.63, 3.8) is 0 Å². The summed E-state index contributed by atoms with van der Waals surface area (Å²) in [5.74, 6) is -5.40. The van der Waals surface area contributed by atoms with E-state index in [2.05, 4.69) is 10.6 Å². The zero-order chi connectivity index (χ0) is 28.6.